The van der Waals surface area contributed by atoms with E-state index < -0.39 is 35.9 Å². The van der Waals surface area contributed by atoms with Gasteiger partial charge in [-0.15, -0.1) is 0 Å². The van der Waals surface area contributed by atoms with Crippen molar-refractivity contribution in [2.45, 2.75) is 59.0 Å². The Balaban J connectivity index is 1.67. The second-order valence-electron chi connectivity index (χ2n) is 8.86. The maximum atomic E-state index is 13.2. The van der Waals surface area contributed by atoms with Crippen LogP contribution >= 0.6 is 0 Å². The molecule has 0 bridgehead atoms. The van der Waals surface area contributed by atoms with Crippen LogP contribution in [0.1, 0.15) is 51.8 Å². The lowest BCUT2D eigenvalue weighted by Crippen LogP contribution is -2.39. The number of fused-ring (bicyclic) bond motifs is 3. The molecule has 0 spiro atoms. The fourth-order valence-corrected chi connectivity index (χ4v) is 4.12. The fraction of sp³-hybridized carbons (Fsp3) is 0.435. The molecule has 3 atom stereocenters. The molecule has 2 aliphatic heterocycles. The predicted molar refractivity (Wildman–Crippen MR) is 107 cm³/mol. The summed E-state index contributed by atoms with van der Waals surface area (Å²) < 4.78 is 16.4. The molecule has 3 aliphatic rings. The Morgan fingerprint density at radius 3 is 2.53 bits per heavy atom. The van der Waals surface area contributed by atoms with Crippen LogP contribution < -0.4 is 0 Å². The molecule has 158 valence electrons. The molecule has 0 unspecified atom stereocenters. The average molecular weight is 411 g/mol. The maximum absolute atomic E-state index is 13.2. The first-order valence-electron chi connectivity index (χ1n) is 9.96. The Morgan fingerprint density at radius 1 is 1.20 bits per heavy atom. The van der Waals surface area contributed by atoms with Gasteiger partial charge in [0.2, 0.25) is 0 Å². The van der Waals surface area contributed by atoms with E-state index in [0.717, 1.165) is 11.1 Å². The molecule has 0 aromatic heterocycles. The van der Waals surface area contributed by atoms with Gasteiger partial charge in [0.25, 0.3) is 12.2 Å². The summed E-state index contributed by atoms with van der Waals surface area (Å²) in [6.07, 6.45) is 0.410. The van der Waals surface area contributed by atoms with Gasteiger partial charge in [0.15, 0.2) is 0 Å². The van der Waals surface area contributed by atoms with Crippen molar-refractivity contribution in [2.75, 3.05) is 0 Å². The molecule has 7 heteroatoms. The van der Waals surface area contributed by atoms with Crippen molar-refractivity contribution >= 4 is 18.0 Å². The molecule has 1 saturated heterocycles. The Labute approximate surface area is 175 Å². The summed E-state index contributed by atoms with van der Waals surface area (Å²) in [5.74, 6) is -1.13. The standard InChI is InChI=1S/C23H25NO6/c1-12-13(2)21(29-20(12)26)28-11-17-16-10-14-8-6-7-9-15(14)18(16)24(19(17)25)22(27)30-23(3,4)5/h6-9,11,16,18,21H,10H2,1-5H3/b17-11+/t16-,18-,21+/m1/s1. The van der Waals surface area contributed by atoms with Gasteiger partial charge < -0.3 is 14.2 Å². The number of imide groups is 1. The van der Waals surface area contributed by atoms with Crippen LogP contribution in [-0.4, -0.2) is 34.8 Å². The Bertz CT molecular complexity index is 999. The van der Waals surface area contributed by atoms with Gasteiger partial charge in [-0.3, -0.25) is 4.79 Å². The predicted octanol–water partition coefficient (Wildman–Crippen LogP) is 3.80. The summed E-state index contributed by atoms with van der Waals surface area (Å²) in [7, 11) is 0. The molecule has 4 rings (SSSR count). The van der Waals surface area contributed by atoms with E-state index in [4.69, 9.17) is 14.2 Å². The van der Waals surface area contributed by atoms with Crippen LogP contribution in [0, 0.1) is 5.92 Å². The van der Waals surface area contributed by atoms with Gasteiger partial charge in [-0.25, -0.2) is 14.5 Å². The summed E-state index contributed by atoms with van der Waals surface area (Å²) in [5, 5.41) is 0. The zero-order chi connectivity index (χ0) is 21.8. The number of benzene rings is 1. The number of amides is 2. The van der Waals surface area contributed by atoms with Crippen molar-refractivity contribution in [3.63, 3.8) is 0 Å². The molecule has 7 nitrogen and oxygen atoms in total. The second-order valence-corrected chi connectivity index (χ2v) is 8.86. The smallest absolute Gasteiger partial charge is 0.417 e. The average Bonchev–Trinajstić information content (AvgIpc) is 3.23. The van der Waals surface area contributed by atoms with Gasteiger partial charge in [0, 0.05) is 17.1 Å². The van der Waals surface area contributed by atoms with Crippen LogP contribution in [0.5, 0.6) is 0 Å². The summed E-state index contributed by atoms with van der Waals surface area (Å²) in [4.78, 5) is 39.1. The van der Waals surface area contributed by atoms with Crippen LogP contribution in [-0.2, 0) is 30.2 Å². The Hall–Kier alpha value is -3.09. The van der Waals surface area contributed by atoms with Crippen LogP contribution in [0.25, 0.3) is 0 Å². The monoisotopic (exact) mass is 411 g/mol. The second kappa shape index (κ2) is 7.00. The normalized spacial score (nSPS) is 26.8. The SMILES string of the molecule is CC1=C(C)[C@@H](O/C=C2/C(=O)N(C(=O)OC(C)(C)C)[C@@H]3c4ccccc4C[C@H]23)OC1=O. The number of hydrogen-bond acceptors (Lipinski definition) is 6. The number of hydrogen-bond donors (Lipinski definition) is 0. The lowest BCUT2D eigenvalue weighted by molar-refractivity contribution is -0.153. The van der Waals surface area contributed by atoms with Crippen molar-refractivity contribution in [3.05, 3.63) is 58.4 Å². The fourth-order valence-electron chi connectivity index (χ4n) is 4.12. The minimum absolute atomic E-state index is 0.245. The first-order chi connectivity index (χ1) is 14.1. The third-order valence-electron chi connectivity index (χ3n) is 5.71. The topological polar surface area (TPSA) is 82.1 Å². The van der Waals surface area contributed by atoms with Crippen molar-refractivity contribution < 1.29 is 28.6 Å². The third kappa shape index (κ3) is 3.28. The van der Waals surface area contributed by atoms with Crippen LogP contribution in [0.3, 0.4) is 0 Å². The number of rotatable bonds is 2. The highest BCUT2D eigenvalue weighted by Gasteiger charge is 2.53. The zero-order valence-corrected chi connectivity index (χ0v) is 17.7. The number of carbonyl (C=O) groups is 3. The molecule has 30 heavy (non-hydrogen) atoms. The largest absolute Gasteiger partial charge is 0.458 e. The zero-order valence-electron chi connectivity index (χ0n) is 17.7. The van der Waals surface area contributed by atoms with E-state index in [2.05, 4.69) is 0 Å². The Kier molecular flexibility index (Phi) is 4.71. The molecule has 1 fully saturated rings. The van der Waals surface area contributed by atoms with E-state index in [1.807, 2.05) is 24.3 Å². The quantitative estimate of drug-likeness (QED) is 0.418. The van der Waals surface area contributed by atoms with Gasteiger partial charge in [-0.05, 0) is 52.2 Å². The number of cyclic esters (lactones) is 1. The molecule has 1 aliphatic carbocycles. The maximum Gasteiger partial charge on any atom is 0.417 e. The molecule has 0 saturated carbocycles. The number of ether oxygens (including phenoxy) is 3. The molecule has 0 radical (unpaired) electrons. The van der Waals surface area contributed by atoms with Gasteiger partial charge in [0.05, 0.1) is 17.9 Å². The van der Waals surface area contributed by atoms with E-state index in [0.29, 0.717) is 23.1 Å². The van der Waals surface area contributed by atoms with E-state index in [1.54, 1.807) is 34.6 Å². The highest BCUT2D eigenvalue weighted by atomic mass is 16.7. The molecule has 2 amide bonds. The summed E-state index contributed by atoms with van der Waals surface area (Å²) in [6, 6.07) is 7.32. The van der Waals surface area contributed by atoms with E-state index in [9.17, 15) is 14.4 Å². The first-order valence-corrected chi connectivity index (χ1v) is 9.96. The van der Waals surface area contributed by atoms with Gasteiger partial charge in [0.1, 0.15) is 5.60 Å². The molecule has 1 aromatic carbocycles. The van der Waals surface area contributed by atoms with Crippen molar-refractivity contribution in [1.29, 1.82) is 0 Å². The van der Waals surface area contributed by atoms with E-state index in [1.165, 1.54) is 11.2 Å². The van der Waals surface area contributed by atoms with Crippen LogP contribution in [0.2, 0.25) is 0 Å². The highest BCUT2D eigenvalue weighted by Crippen LogP contribution is 2.50. The van der Waals surface area contributed by atoms with E-state index in [-0.39, 0.29) is 5.92 Å². The van der Waals surface area contributed by atoms with Gasteiger partial charge >= 0.3 is 12.1 Å². The van der Waals surface area contributed by atoms with Gasteiger partial charge in [-0.1, -0.05) is 24.3 Å². The van der Waals surface area contributed by atoms with Crippen LogP contribution in [0.15, 0.2) is 47.2 Å². The first kappa shape index (κ1) is 20.2. The lowest BCUT2D eigenvalue weighted by atomic mass is 9.97. The van der Waals surface area contributed by atoms with Crippen molar-refractivity contribution in [1.82, 2.24) is 4.90 Å². The van der Waals surface area contributed by atoms with Gasteiger partial charge in [-0.2, -0.15) is 0 Å². The number of nitrogens with zero attached hydrogens (tertiary/aromatic N) is 1. The van der Waals surface area contributed by atoms with E-state index >= 15 is 0 Å². The lowest BCUT2D eigenvalue weighted by Gasteiger charge is -2.27. The molecule has 2 heterocycles. The molecular weight excluding hydrogens is 386 g/mol. The van der Waals surface area contributed by atoms with Crippen molar-refractivity contribution in [3.8, 4) is 0 Å². The Morgan fingerprint density at radius 2 is 1.90 bits per heavy atom. The summed E-state index contributed by atoms with van der Waals surface area (Å²) in [5.41, 5.74) is 2.82. The third-order valence-corrected chi connectivity index (χ3v) is 5.71. The number of esters is 1. The highest BCUT2D eigenvalue weighted by molar-refractivity contribution is 6.06. The summed E-state index contributed by atoms with van der Waals surface area (Å²) >= 11 is 0. The van der Waals surface area contributed by atoms with Crippen LogP contribution in [0.4, 0.5) is 4.79 Å². The molecule has 0 N–H and O–H groups in total. The molecule has 1 aromatic rings. The summed E-state index contributed by atoms with van der Waals surface area (Å²) in [6.45, 7) is 8.70. The minimum Gasteiger partial charge on any atom is -0.458 e. The molecular formula is C23H25NO6. The number of likely N-dealkylation sites (tertiary alicyclic amines) is 1. The minimum atomic E-state index is -0.865. The van der Waals surface area contributed by atoms with Crippen molar-refractivity contribution in [2.24, 2.45) is 5.92 Å². The number of carbonyl (C=O) groups excluding carboxylic acids is 3.